The summed E-state index contributed by atoms with van der Waals surface area (Å²) >= 11 is 0. The van der Waals surface area contributed by atoms with Crippen molar-refractivity contribution in [2.24, 2.45) is 5.73 Å². The SMILES string of the molecule is COc1cc([N+](=O)[O-])cc([C@@H](N)[C@H](C)O)c1O.Cl. The van der Waals surface area contributed by atoms with Crippen LogP contribution < -0.4 is 10.5 Å². The molecule has 0 aromatic heterocycles. The van der Waals surface area contributed by atoms with Gasteiger partial charge in [0.2, 0.25) is 0 Å². The molecule has 1 aromatic rings. The van der Waals surface area contributed by atoms with Crippen LogP contribution in [-0.2, 0) is 0 Å². The Bertz CT molecular complexity index is 439. The number of phenolic OH excluding ortho intramolecular Hbond substituents is 1. The highest BCUT2D eigenvalue weighted by molar-refractivity contribution is 5.85. The molecule has 0 fully saturated rings. The second kappa shape index (κ2) is 6.39. The van der Waals surface area contributed by atoms with Gasteiger partial charge in [-0.05, 0) is 6.92 Å². The highest BCUT2D eigenvalue weighted by atomic mass is 35.5. The van der Waals surface area contributed by atoms with Gasteiger partial charge in [-0.3, -0.25) is 10.1 Å². The lowest BCUT2D eigenvalue weighted by Crippen LogP contribution is -2.23. The van der Waals surface area contributed by atoms with E-state index in [-0.39, 0.29) is 35.2 Å². The second-order valence-corrected chi connectivity index (χ2v) is 3.61. The van der Waals surface area contributed by atoms with Gasteiger partial charge in [-0.15, -0.1) is 12.4 Å². The van der Waals surface area contributed by atoms with Crippen LogP contribution in [0.25, 0.3) is 0 Å². The standard InChI is InChI=1S/C10H14N2O5.ClH/c1-5(13)9(11)7-3-6(12(15)16)4-8(17-2)10(7)14;/h3-5,9,13-14H,11H2,1-2H3;1H/t5-,9-;/m0./s1. The van der Waals surface area contributed by atoms with Gasteiger partial charge < -0.3 is 20.7 Å². The number of hydrogen-bond donors (Lipinski definition) is 3. The average molecular weight is 279 g/mol. The number of aliphatic hydroxyl groups is 1. The average Bonchev–Trinajstić information content (AvgIpc) is 2.27. The van der Waals surface area contributed by atoms with Crippen LogP contribution in [0, 0.1) is 10.1 Å². The predicted molar refractivity (Wildman–Crippen MR) is 67.2 cm³/mol. The minimum atomic E-state index is -0.951. The third-order valence-corrected chi connectivity index (χ3v) is 2.40. The predicted octanol–water partition coefficient (Wildman–Crippen LogP) is 1.11. The third-order valence-electron chi connectivity index (χ3n) is 2.40. The molecule has 0 bridgehead atoms. The fraction of sp³-hybridized carbons (Fsp3) is 0.400. The highest BCUT2D eigenvalue weighted by Crippen LogP contribution is 2.37. The van der Waals surface area contributed by atoms with Gasteiger partial charge in [-0.2, -0.15) is 0 Å². The molecule has 1 aromatic carbocycles. The molecule has 1 rings (SSSR count). The van der Waals surface area contributed by atoms with Crippen molar-refractivity contribution >= 4 is 18.1 Å². The van der Waals surface area contributed by atoms with E-state index in [9.17, 15) is 20.3 Å². The van der Waals surface area contributed by atoms with Crippen molar-refractivity contribution in [1.29, 1.82) is 0 Å². The maximum Gasteiger partial charge on any atom is 0.273 e. The molecule has 0 unspecified atom stereocenters. The quantitative estimate of drug-likeness (QED) is 0.561. The monoisotopic (exact) mass is 278 g/mol. The van der Waals surface area contributed by atoms with Crippen LogP contribution >= 0.6 is 12.4 Å². The van der Waals surface area contributed by atoms with Crippen LogP contribution in [-0.4, -0.2) is 28.4 Å². The number of hydrogen-bond acceptors (Lipinski definition) is 6. The molecule has 0 saturated heterocycles. The summed E-state index contributed by atoms with van der Waals surface area (Å²) in [7, 11) is 1.27. The lowest BCUT2D eigenvalue weighted by molar-refractivity contribution is -0.385. The van der Waals surface area contributed by atoms with Gasteiger partial charge in [-0.1, -0.05) is 0 Å². The van der Waals surface area contributed by atoms with Gasteiger partial charge >= 0.3 is 0 Å². The Hall–Kier alpha value is -1.57. The van der Waals surface area contributed by atoms with Crippen LogP contribution in [0.1, 0.15) is 18.5 Å². The van der Waals surface area contributed by atoms with Gasteiger partial charge in [-0.25, -0.2) is 0 Å². The summed E-state index contributed by atoms with van der Waals surface area (Å²) in [6.07, 6.45) is -0.951. The molecule has 7 nitrogen and oxygen atoms in total. The zero-order chi connectivity index (χ0) is 13.2. The van der Waals surface area contributed by atoms with Crippen molar-refractivity contribution in [1.82, 2.24) is 0 Å². The van der Waals surface area contributed by atoms with Crippen molar-refractivity contribution in [3.05, 3.63) is 27.8 Å². The van der Waals surface area contributed by atoms with E-state index in [0.29, 0.717) is 0 Å². The maximum absolute atomic E-state index is 10.7. The summed E-state index contributed by atoms with van der Waals surface area (Å²) < 4.78 is 4.81. The number of benzene rings is 1. The van der Waals surface area contributed by atoms with E-state index in [2.05, 4.69) is 0 Å². The van der Waals surface area contributed by atoms with E-state index in [1.54, 1.807) is 0 Å². The number of phenols is 1. The van der Waals surface area contributed by atoms with E-state index in [4.69, 9.17) is 10.5 Å². The van der Waals surface area contributed by atoms with Gasteiger partial charge in [0.1, 0.15) is 0 Å². The topological polar surface area (TPSA) is 119 Å². The summed E-state index contributed by atoms with van der Waals surface area (Å²) in [5.74, 6) is -0.350. The number of aromatic hydroxyl groups is 1. The van der Waals surface area contributed by atoms with E-state index in [1.165, 1.54) is 14.0 Å². The van der Waals surface area contributed by atoms with E-state index in [1.807, 2.05) is 0 Å². The van der Waals surface area contributed by atoms with Gasteiger partial charge in [0.05, 0.1) is 30.2 Å². The summed E-state index contributed by atoms with van der Waals surface area (Å²) in [4.78, 5) is 10.1. The number of ether oxygens (including phenoxy) is 1. The zero-order valence-corrected chi connectivity index (χ0v) is 10.7. The molecule has 0 radical (unpaired) electrons. The normalized spacial score (nSPS) is 13.3. The molecular weight excluding hydrogens is 264 g/mol. The van der Waals surface area contributed by atoms with E-state index >= 15 is 0 Å². The number of non-ortho nitro benzene ring substituents is 1. The number of nitro groups is 1. The van der Waals surface area contributed by atoms with Gasteiger partial charge in [0.15, 0.2) is 11.5 Å². The van der Waals surface area contributed by atoms with Crippen molar-refractivity contribution < 1.29 is 19.9 Å². The van der Waals surface area contributed by atoms with Crippen molar-refractivity contribution in [2.75, 3.05) is 7.11 Å². The number of aliphatic hydroxyl groups excluding tert-OH is 1. The van der Waals surface area contributed by atoms with Gasteiger partial charge in [0, 0.05) is 11.6 Å². The second-order valence-electron chi connectivity index (χ2n) is 3.61. The van der Waals surface area contributed by atoms with Crippen LogP contribution in [0.4, 0.5) is 5.69 Å². The van der Waals surface area contributed by atoms with Crippen molar-refractivity contribution in [2.45, 2.75) is 19.1 Å². The number of nitrogens with zero attached hydrogens (tertiary/aromatic N) is 1. The Kier molecular flexibility index (Phi) is 5.83. The first kappa shape index (κ1) is 16.4. The van der Waals surface area contributed by atoms with Crippen LogP contribution in [0.5, 0.6) is 11.5 Å². The highest BCUT2D eigenvalue weighted by Gasteiger charge is 2.23. The molecule has 4 N–H and O–H groups in total. The zero-order valence-electron chi connectivity index (χ0n) is 9.86. The summed E-state index contributed by atoms with van der Waals surface area (Å²) in [6, 6.07) is 1.28. The van der Waals surface area contributed by atoms with Crippen molar-refractivity contribution in [3.8, 4) is 11.5 Å². The molecule has 0 aliphatic heterocycles. The molecule has 2 atom stereocenters. The molecular formula is C10H15ClN2O5. The molecule has 0 aliphatic rings. The van der Waals surface area contributed by atoms with Gasteiger partial charge in [0.25, 0.3) is 5.69 Å². The molecule has 0 saturated carbocycles. The molecule has 102 valence electrons. The van der Waals surface area contributed by atoms with Crippen molar-refractivity contribution in [3.63, 3.8) is 0 Å². The summed E-state index contributed by atoms with van der Waals surface area (Å²) in [5.41, 5.74) is 5.46. The third kappa shape index (κ3) is 3.22. The maximum atomic E-state index is 10.7. The Morgan fingerprint density at radius 3 is 2.44 bits per heavy atom. The fourth-order valence-electron chi connectivity index (χ4n) is 1.39. The minimum Gasteiger partial charge on any atom is -0.504 e. The lowest BCUT2D eigenvalue weighted by atomic mass is 10.0. The Labute approximate surface area is 110 Å². The first-order chi connectivity index (χ1) is 7.88. The lowest BCUT2D eigenvalue weighted by Gasteiger charge is -2.17. The van der Waals surface area contributed by atoms with Crippen LogP contribution in [0.3, 0.4) is 0 Å². The van der Waals surface area contributed by atoms with E-state index < -0.39 is 17.1 Å². The molecule has 0 aliphatic carbocycles. The number of rotatable bonds is 4. The number of nitro benzene ring substituents is 1. The number of nitrogens with two attached hydrogens (primary N) is 1. The number of methoxy groups -OCH3 is 1. The first-order valence-corrected chi connectivity index (χ1v) is 4.87. The number of halogens is 1. The molecule has 18 heavy (non-hydrogen) atoms. The van der Waals surface area contributed by atoms with Crippen LogP contribution in [0.2, 0.25) is 0 Å². The Morgan fingerprint density at radius 2 is 2.06 bits per heavy atom. The molecule has 8 heteroatoms. The Morgan fingerprint density at radius 1 is 1.50 bits per heavy atom. The molecule has 0 amide bonds. The summed E-state index contributed by atoms with van der Waals surface area (Å²) in [5, 5.41) is 29.8. The largest absolute Gasteiger partial charge is 0.504 e. The summed E-state index contributed by atoms with van der Waals surface area (Å²) in [6.45, 7) is 1.43. The molecule has 0 spiro atoms. The molecule has 0 heterocycles. The minimum absolute atomic E-state index is 0. The smallest absolute Gasteiger partial charge is 0.273 e. The Balaban J connectivity index is 0.00000289. The fourth-order valence-corrected chi connectivity index (χ4v) is 1.39. The van der Waals surface area contributed by atoms with Crippen LogP contribution in [0.15, 0.2) is 12.1 Å². The van der Waals surface area contributed by atoms with E-state index in [0.717, 1.165) is 12.1 Å². The first-order valence-electron chi connectivity index (χ1n) is 4.87.